The molecule has 1 aromatic rings. The van der Waals surface area contributed by atoms with E-state index in [1.54, 1.807) is 18.2 Å². The van der Waals surface area contributed by atoms with Crippen LogP contribution in [0.3, 0.4) is 0 Å². The number of nitrogens with one attached hydrogen (secondary N) is 1. The normalized spacial score (nSPS) is 19.1. The van der Waals surface area contributed by atoms with Gasteiger partial charge in [0.2, 0.25) is 0 Å². The largest absolute Gasteiger partial charge is 0.382 e. The van der Waals surface area contributed by atoms with Gasteiger partial charge in [0.25, 0.3) is 0 Å². The van der Waals surface area contributed by atoms with Gasteiger partial charge in [-0.3, -0.25) is 0 Å². The first-order chi connectivity index (χ1) is 8.91. The van der Waals surface area contributed by atoms with Crippen molar-refractivity contribution in [2.45, 2.75) is 42.5 Å². The Morgan fingerprint density at radius 3 is 2.47 bits per heavy atom. The summed E-state index contributed by atoms with van der Waals surface area (Å²) in [6.45, 7) is 0.625. The molecule has 0 saturated heterocycles. The zero-order valence-electron chi connectivity index (χ0n) is 11.4. The molecule has 0 aromatic heterocycles. The first-order valence-electron chi connectivity index (χ1n) is 6.73. The molecule has 1 aromatic carbocycles. The summed E-state index contributed by atoms with van der Waals surface area (Å²) in [6, 6.07) is 6.99. The fourth-order valence-corrected chi connectivity index (χ4v) is 3.51. The third kappa shape index (κ3) is 3.70. The van der Waals surface area contributed by atoms with E-state index < -0.39 is 9.84 Å². The SMILES string of the molecule is CS(=O)(=O)c1ccccc1NCC1(N)CCCCC1. The van der Waals surface area contributed by atoms with Gasteiger partial charge in [0.1, 0.15) is 0 Å². The zero-order chi connectivity index (χ0) is 13.9. The molecule has 0 spiro atoms. The minimum absolute atomic E-state index is 0.205. The fraction of sp³-hybridized carbons (Fsp3) is 0.571. The van der Waals surface area contributed by atoms with Crippen LogP contribution in [0.4, 0.5) is 5.69 Å². The van der Waals surface area contributed by atoms with E-state index in [1.165, 1.54) is 12.7 Å². The van der Waals surface area contributed by atoms with Crippen LogP contribution >= 0.6 is 0 Å². The second-order valence-corrected chi connectivity index (χ2v) is 7.53. The maximum atomic E-state index is 11.7. The highest BCUT2D eigenvalue weighted by atomic mass is 32.2. The van der Waals surface area contributed by atoms with Gasteiger partial charge in [0.15, 0.2) is 9.84 Å². The molecule has 4 nitrogen and oxygen atoms in total. The molecule has 1 saturated carbocycles. The molecule has 2 rings (SSSR count). The second kappa shape index (κ2) is 5.51. The van der Waals surface area contributed by atoms with Crippen molar-refractivity contribution >= 4 is 15.5 Å². The summed E-state index contributed by atoms with van der Waals surface area (Å²) in [7, 11) is -3.21. The number of anilines is 1. The summed E-state index contributed by atoms with van der Waals surface area (Å²) in [5.41, 5.74) is 6.80. The highest BCUT2D eigenvalue weighted by molar-refractivity contribution is 7.90. The average molecular weight is 282 g/mol. The lowest BCUT2D eigenvalue weighted by atomic mass is 9.82. The van der Waals surface area contributed by atoms with Crippen LogP contribution in [0.2, 0.25) is 0 Å². The number of hydrogen-bond acceptors (Lipinski definition) is 4. The monoisotopic (exact) mass is 282 g/mol. The van der Waals surface area contributed by atoms with Gasteiger partial charge < -0.3 is 11.1 Å². The summed E-state index contributed by atoms with van der Waals surface area (Å²) < 4.78 is 23.4. The Kier molecular flexibility index (Phi) is 4.16. The smallest absolute Gasteiger partial charge is 0.177 e. The van der Waals surface area contributed by atoms with Crippen LogP contribution in [0.5, 0.6) is 0 Å². The predicted octanol–water partition coefficient (Wildman–Crippen LogP) is 2.16. The van der Waals surface area contributed by atoms with Crippen LogP contribution in [0.25, 0.3) is 0 Å². The molecule has 5 heteroatoms. The van der Waals surface area contributed by atoms with Gasteiger partial charge in [-0.25, -0.2) is 8.42 Å². The van der Waals surface area contributed by atoms with Gasteiger partial charge in [-0.15, -0.1) is 0 Å². The summed E-state index contributed by atoms with van der Waals surface area (Å²) in [4.78, 5) is 0.342. The summed E-state index contributed by atoms with van der Waals surface area (Å²) in [6.07, 6.45) is 6.80. The molecule has 106 valence electrons. The van der Waals surface area contributed by atoms with E-state index in [-0.39, 0.29) is 5.54 Å². The first kappa shape index (κ1) is 14.3. The summed E-state index contributed by atoms with van der Waals surface area (Å²) >= 11 is 0. The van der Waals surface area contributed by atoms with Crippen molar-refractivity contribution < 1.29 is 8.42 Å². The van der Waals surface area contributed by atoms with E-state index in [0.29, 0.717) is 17.1 Å². The van der Waals surface area contributed by atoms with Crippen LogP contribution in [-0.2, 0) is 9.84 Å². The molecule has 0 aliphatic heterocycles. The minimum atomic E-state index is -3.21. The summed E-state index contributed by atoms with van der Waals surface area (Å²) in [5.74, 6) is 0. The number of hydrogen-bond donors (Lipinski definition) is 2. The van der Waals surface area contributed by atoms with Gasteiger partial charge in [-0.05, 0) is 25.0 Å². The third-order valence-electron chi connectivity index (χ3n) is 3.77. The molecule has 0 heterocycles. The molecule has 0 unspecified atom stereocenters. The Bertz CT molecular complexity index is 534. The van der Waals surface area contributed by atoms with Crippen molar-refractivity contribution in [3.63, 3.8) is 0 Å². The fourth-order valence-electron chi connectivity index (χ4n) is 2.64. The molecule has 3 N–H and O–H groups in total. The van der Waals surface area contributed by atoms with E-state index in [0.717, 1.165) is 25.7 Å². The van der Waals surface area contributed by atoms with Crippen molar-refractivity contribution in [3.8, 4) is 0 Å². The van der Waals surface area contributed by atoms with E-state index >= 15 is 0 Å². The van der Waals surface area contributed by atoms with Gasteiger partial charge in [-0.1, -0.05) is 31.4 Å². The first-order valence-corrected chi connectivity index (χ1v) is 8.62. The standard InChI is InChI=1S/C14H22N2O2S/c1-19(17,18)13-8-4-3-7-12(13)16-11-14(15)9-5-2-6-10-14/h3-4,7-8,16H,2,5-6,9-11,15H2,1H3. The van der Waals surface area contributed by atoms with Crippen LogP contribution < -0.4 is 11.1 Å². The Morgan fingerprint density at radius 2 is 1.84 bits per heavy atom. The summed E-state index contributed by atoms with van der Waals surface area (Å²) in [5, 5.41) is 3.23. The molecular weight excluding hydrogens is 260 g/mol. The van der Waals surface area contributed by atoms with Gasteiger partial charge in [-0.2, -0.15) is 0 Å². The van der Waals surface area contributed by atoms with E-state index in [1.807, 2.05) is 6.07 Å². The lowest BCUT2D eigenvalue weighted by molar-refractivity contribution is 0.311. The third-order valence-corrected chi connectivity index (χ3v) is 4.92. The molecule has 1 aliphatic carbocycles. The van der Waals surface area contributed by atoms with Crippen LogP contribution in [0.15, 0.2) is 29.2 Å². The Balaban J connectivity index is 2.12. The Morgan fingerprint density at radius 1 is 1.21 bits per heavy atom. The van der Waals surface area contributed by atoms with E-state index in [4.69, 9.17) is 5.73 Å². The number of rotatable bonds is 4. The maximum absolute atomic E-state index is 11.7. The lowest BCUT2D eigenvalue weighted by Gasteiger charge is -2.34. The van der Waals surface area contributed by atoms with E-state index in [9.17, 15) is 8.42 Å². The highest BCUT2D eigenvalue weighted by Crippen LogP contribution is 2.27. The maximum Gasteiger partial charge on any atom is 0.177 e. The molecule has 0 bridgehead atoms. The molecule has 1 aliphatic rings. The molecule has 0 atom stereocenters. The number of sulfone groups is 1. The van der Waals surface area contributed by atoms with E-state index in [2.05, 4.69) is 5.32 Å². The number of para-hydroxylation sites is 1. The molecule has 0 radical (unpaired) electrons. The van der Waals surface area contributed by atoms with Gasteiger partial charge in [0.05, 0.1) is 10.6 Å². The van der Waals surface area contributed by atoms with Crippen molar-refractivity contribution in [3.05, 3.63) is 24.3 Å². The quantitative estimate of drug-likeness (QED) is 0.887. The number of nitrogens with two attached hydrogens (primary N) is 1. The van der Waals surface area contributed by atoms with Gasteiger partial charge in [0, 0.05) is 18.3 Å². The predicted molar refractivity (Wildman–Crippen MR) is 78.0 cm³/mol. The van der Waals surface area contributed by atoms with Crippen LogP contribution in [-0.4, -0.2) is 26.8 Å². The van der Waals surface area contributed by atoms with Crippen molar-refractivity contribution in [2.75, 3.05) is 18.1 Å². The van der Waals surface area contributed by atoms with Crippen LogP contribution in [0, 0.1) is 0 Å². The zero-order valence-corrected chi connectivity index (χ0v) is 12.2. The Hall–Kier alpha value is -1.07. The second-order valence-electron chi connectivity index (χ2n) is 5.54. The number of benzene rings is 1. The van der Waals surface area contributed by atoms with Crippen molar-refractivity contribution in [2.24, 2.45) is 5.73 Å². The van der Waals surface area contributed by atoms with Gasteiger partial charge >= 0.3 is 0 Å². The van der Waals surface area contributed by atoms with Crippen LogP contribution in [0.1, 0.15) is 32.1 Å². The highest BCUT2D eigenvalue weighted by Gasteiger charge is 2.27. The average Bonchev–Trinajstić information content (AvgIpc) is 2.37. The van der Waals surface area contributed by atoms with Crippen molar-refractivity contribution in [1.29, 1.82) is 0 Å². The topological polar surface area (TPSA) is 72.2 Å². The van der Waals surface area contributed by atoms with Crippen molar-refractivity contribution in [1.82, 2.24) is 0 Å². The molecule has 19 heavy (non-hydrogen) atoms. The molecular formula is C14H22N2O2S. The lowest BCUT2D eigenvalue weighted by Crippen LogP contribution is -2.47. The molecule has 0 amide bonds. The Labute approximate surface area is 115 Å². The molecule has 1 fully saturated rings. The minimum Gasteiger partial charge on any atom is -0.382 e.